The first-order chi connectivity index (χ1) is 27.9. The van der Waals surface area contributed by atoms with Crippen LogP contribution >= 0.6 is 0 Å². The van der Waals surface area contributed by atoms with Gasteiger partial charge in [0.1, 0.15) is 5.82 Å². The van der Waals surface area contributed by atoms with Crippen LogP contribution in [0.25, 0.3) is 83.9 Å². The van der Waals surface area contributed by atoms with Crippen molar-refractivity contribution < 1.29 is 30.7 Å². The van der Waals surface area contributed by atoms with Crippen molar-refractivity contribution in [3.05, 3.63) is 181 Å². The van der Waals surface area contributed by atoms with E-state index in [0.717, 1.165) is 17.2 Å². The first kappa shape index (κ1) is 36.5. The molecule has 11 heteroatoms. The van der Waals surface area contributed by atoms with E-state index < -0.39 is 29.3 Å². The molecule has 2 aromatic heterocycles. The van der Waals surface area contributed by atoms with E-state index in [1.165, 1.54) is 18.2 Å². The van der Waals surface area contributed by atoms with Crippen LogP contribution < -0.4 is 0 Å². The summed E-state index contributed by atoms with van der Waals surface area (Å²) in [4.78, 5) is 14.6. The Morgan fingerprint density at radius 2 is 0.931 bits per heavy atom. The van der Waals surface area contributed by atoms with Crippen molar-refractivity contribution in [2.75, 3.05) is 0 Å². The van der Waals surface area contributed by atoms with Gasteiger partial charge in [0.25, 0.3) is 0 Å². The van der Waals surface area contributed by atoms with Gasteiger partial charge in [0.2, 0.25) is 0 Å². The van der Waals surface area contributed by atoms with Crippen LogP contribution in [0.15, 0.2) is 164 Å². The highest BCUT2D eigenvalue weighted by Crippen LogP contribution is 2.44. The van der Waals surface area contributed by atoms with Gasteiger partial charge in [-0.3, -0.25) is 0 Å². The van der Waals surface area contributed by atoms with Crippen LogP contribution in [0.2, 0.25) is 0 Å². The number of alkyl halides is 6. The fraction of sp³-hybridized carbons (Fsp3) is 0.0426. The van der Waals surface area contributed by atoms with E-state index >= 15 is 0 Å². The molecule has 7 aromatic carbocycles. The molecule has 0 radical (unpaired) electrons. The Kier molecular flexibility index (Phi) is 8.88. The van der Waals surface area contributed by atoms with Crippen LogP contribution in [0.1, 0.15) is 11.1 Å². The summed E-state index contributed by atoms with van der Waals surface area (Å²) in [6, 6.07) is 44.4. The molecule has 0 saturated carbocycles. The van der Waals surface area contributed by atoms with Crippen LogP contribution in [0.3, 0.4) is 0 Å². The minimum atomic E-state index is -5.06. The fourth-order valence-corrected chi connectivity index (χ4v) is 7.27. The van der Waals surface area contributed by atoms with Crippen LogP contribution in [0.5, 0.6) is 0 Å². The van der Waals surface area contributed by atoms with Gasteiger partial charge in [0.05, 0.1) is 27.8 Å². The summed E-state index contributed by atoms with van der Waals surface area (Å²) in [5.41, 5.74) is 2.46. The number of benzene rings is 7. The monoisotopic (exact) mass is 780 g/mol. The van der Waals surface area contributed by atoms with Crippen LogP contribution in [-0.4, -0.2) is 19.5 Å². The van der Waals surface area contributed by atoms with Crippen molar-refractivity contribution >= 4 is 21.8 Å². The Labute approximate surface area is 326 Å². The average molecular weight is 781 g/mol. The van der Waals surface area contributed by atoms with E-state index in [9.17, 15) is 30.7 Å². The predicted molar refractivity (Wildman–Crippen MR) is 211 cm³/mol. The van der Waals surface area contributed by atoms with Crippen LogP contribution in [0, 0.1) is 5.82 Å². The van der Waals surface area contributed by atoms with Crippen LogP contribution in [0.4, 0.5) is 30.7 Å². The van der Waals surface area contributed by atoms with Crippen LogP contribution in [-0.2, 0) is 12.4 Å². The summed E-state index contributed by atoms with van der Waals surface area (Å²) in [7, 11) is 0. The second kappa shape index (κ2) is 14.1. The minimum absolute atomic E-state index is 0.0935. The van der Waals surface area contributed by atoms with Gasteiger partial charge in [-0.15, -0.1) is 0 Å². The number of aromatic nitrogens is 4. The summed E-state index contributed by atoms with van der Waals surface area (Å²) in [6.45, 7) is 0. The van der Waals surface area contributed by atoms with Gasteiger partial charge in [-0.25, -0.2) is 19.3 Å². The zero-order valence-electron chi connectivity index (χ0n) is 30.0. The third-order valence-corrected chi connectivity index (χ3v) is 9.99. The summed E-state index contributed by atoms with van der Waals surface area (Å²) in [5.74, 6) is 0.878. The Bertz CT molecular complexity index is 2920. The van der Waals surface area contributed by atoms with Crippen molar-refractivity contribution in [1.82, 2.24) is 19.5 Å². The second-order valence-corrected chi connectivity index (χ2v) is 13.6. The number of halogens is 7. The highest BCUT2D eigenvalue weighted by atomic mass is 19.4. The molecule has 0 saturated heterocycles. The largest absolute Gasteiger partial charge is 0.417 e. The van der Waals surface area contributed by atoms with Crippen molar-refractivity contribution in [3.8, 4) is 62.1 Å². The molecular formula is C47H27F7N4. The molecule has 284 valence electrons. The molecule has 0 aliphatic carbocycles. The SMILES string of the molecule is Fc1ccc(-c2ccc(-c3nc(-c4ccccc4)nc(-c4ccccc4)n3)cc2-n2c3ccccc3c3cc(-c4ccc(C(F)(F)F)cc4C(F)(F)F)ccc32)cc1. The van der Waals surface area contributed by atoms with Gasteiger partial charge < -0.3 is 4.57 Å². The topological polar surface area (TPSA) is 43.6 Å². The van der Waals surface area contributed by atoms with Crippen molar-refractivity contribution in [2.45, 2.75) is 12.4 Å². The number of nitrogens with zero attached hydrogens (tertiary/aromatic N) is 4. The summed E-state index contributed by atoms with van der Waals surface area (Å²) in [5, 5.41) is 1.25. The maximum absolute atomic E-state index is 14.3. The molecule has 0 unspecified atom stereocenters. The lowest BCUT2D eigenvalue weighted by Gasteiger charge is -2.17. The minimum Gasteiger partial charge on any atom is -0.309 e. The Morgan fingerprint density at radius 3 is 1.55 bits per heavy atom. The van der Waals surface area contributed by atoms with E-state index in [0.29, 0.717) is 67.7 Å². The number of fused-ring (bicyclic) bond motifs is 3. The van der Waals surface area contributed by atoms with Crippen molar-refractivity contribution in [2.24, 2.45) is 0 Å². The van der Waals surface area contributed by atoms with Gasteiger partial charge in [0.15, 0.2) is 17.5 Å². The first-order valence-electron chi connectivity index (χ1n) is 18.0. The summed E-state index contributed by atoms with van der Waals surface area (Å²) >= 11 is 0. The number of hydrogen-bond acceptors (Lipinski definition) is 3. The molecule has 0 bridgehead atoms. The highest BCUT2D eigenvalue weighted by Gasteiger charge is 2.38. The van der Waals surface area contributed by atoms with Gasteiger partial charge in [-0.05, 0) is 65.2 Å². The molecule has 0 aliphatic heterocycles. The molecule has 2 heterocycles. The standard InChI is InChI=1S/C47H27F7N4/c48-34-20-15-28(16-21-34)36-22-17-32(45-56-43(29-9-3-1-4-10-29)55-44(57-45)30-11-5-2-6-12-30)26-42(36)58-40-14-8-7-13-37(40)38-25-31(18-24-41(38)58)35-23-19-33(46(49,50)51)27-39(35)47(52,53)54/h1-27H. The summed E-state index contributed by atoms with van der Waals surface area (Å²) < 4.78 is 99.8. The third-order valence-electron chi connectivity index (χ3n) is 9.99. The van der Waals surface area contributed by atoms with E-state index in [1.54, 1.807) is 30.3 Å². The quantitative estimate of drug-likeness (QED) is 0.158. The Morgan fingerprint density at radius 1 is 0.397 bits per heavy atom. The number of rotatable bonds is 6. The molecule has 9 rings (SSSR count). The van der Waals surface area contributed by atoms with Gasteiger partial charge in [0, 0.05) is 33.0 Å². The lowest BCUT2D eigenvalue weighted by Crippen LogP contribution is -2.12. The lowest BCUT2D eigenvalue weighted by atomic mass is 9.95. The highest BCUT2D eigenvalue weighted by molar-refractivity contribution is 6.11. The molecule has 0 atom stereocenters. The normalized spacial score (nSPS) is 12.1. The number of hydrogen-bond donors (Lipinski definition) is 0. The second-order valence-electron chi connectivity index (χ2n) is 13.6. The van der Waals surface area contributed by atoms with Gasteiger partial charge in [-0.2, -0.15) is 26.3 Å². The molecule has 4 nitrogen and oxygen atoms in total. The molecule has 0 fully saturated rings. The van der Waals surface area contributed by atoms with E-state index in [4.69, 9.17) is 15.0 Å². The Balaban J connectivity index is 1.29. The fourth-order valence-electron chi connectivity index (χ4n) is 7.27. The summed E-state index contributed by atoms with van der Waals surface area (Å²) in [6.07, 6.45) is -10.0. The predicted octanol–water partition coefficient (Wildman–Crippen LogP) is 13.5. The zero-order chi connectivity index (χ0) is 40.2. The first-order valence-corrected chi connectivity index (χ1v) is 18.0. The van der Waals surface area contributed by atoms with Crippen molar-refractivity contribution in [1.29, 1.82) is 0 Å². The van der Waals surface area contributed by atoms with E-state index in [2.05, 4.69) is 0 Å². The third kappa shape index (κ3) is 6.74. The molecule has 0 N–H and O–H groups in total. The Hall–Kier alpha value is -7.14. The average Bonchev–Trinajstić information content (AvgIpc) is 3.57. The molecular weight excluding hydrogens is 754 g/mol. The smallest absolute Gasteiger partial charge is 0.309 e. The lowest BCUT2D eigenvalue weighted by molar-refractivity contribution is -0.142. The molecule has 0 amide bonds. The van der Waals surface area contributed by atoms with E-state index in [-0.39, 0.29) is 17.2 Å². The van der Waals surface area contributed by atoms with Gasteiger partial charge in [-0.1, -0.05) is 115 Å². The van der Waals surface area contributed by atoms with Crippen molar-refractivity contribution in [3.63, 3.8) is 0 Å². The molecule has 0 spiro atoms. The number of para-hydroxylation sites is 1. The molecule has 58 heavy (non-hydrogen) atoms. The molecule has 9 aromatic rings. The zero-order valence-corrected chi connectivity index (χ0v) is 30.0. The van der Waals surface area contributed by atoms with Gasteiger partial charge >= 0.3 is 12.4 Å². The molecule has 0 aliphatic rings. The maximum Gasteiger partial charge on any atom is 0.417 e. The van der Waals surface area contributed by atoms with E-state index in [1.807, 2.05) is 102 Å². The maximum atomic E-state index is 14.3.